The molecule has 0 spiro atoms. The van der Waals surface area contributed by atoms with Crippen LogP contribution in [0.4, 0.5) is 0 Å². The van der Waals surface area contributed by atoms with Crippen LogP contribution in [0.15, 0.2) is 30.6 Å². The number of aromatic nitrogens is 1. The number of nitrogens with zero attached hydrogens (tertiary/aromatic N) is 1. The lowest BCUT2D eigenvalue weighted by molar-refractivity contribution is 0.731. The van der Waals surface area contributed by atoms with Gasteiger partial charge in [0.15, 0.2) is 0 Å². The number of halogens is 2. The zero-order valence-electron chi connectivity index (χ0n) is 8.43. The molecular weight excluding hydrogens is 231 g/mol. The third-order valence-corrected chi connectivity index (χ3v) is 2.37. The lowest BCUT2D eigenvalue weighted by Crippen LogP contribution is -2.07. The summed E-state index contributed by atoms with van der Waals surface area (Å²) in [6, 6.07) is 4.05. The zero-order valence-corrected chi connectivity index (χ0v) is 10.1. The fraction of sp³-hybridized carbons (Fsp3) is 0.364. The first kappa shape index (κ1) is 14.4. The second kappa shape index (κ2) is 7.69. The smallest absolute Gasteiger partial charge is 0.0273 e. The van der Waals surface area contributed by atoms with Crippen LogP contribution in [0.5, 0.6) is 0 Å². The highest BCUT2D eigenvalue weighted by molar-refractivity contribution is 5.85. The van der Waals surface area contributed by atoms with Crippen LogP contribution >= 0.6 is 24.8 Å². The van der Waals surface area contributed by atoms with Crippen LogP contribution in [0.1, 0.15) is 12.0 Å². The van der Waals surface area contributed by atoms with Gasteiger partial charge in [0.1, 0.15) is 0 Å². The molecule has 2 rings (SSSR count). The Hall–Kier alpha value is -0.570. The third-order valence-electron chi connectivity index (χ3n) is 2.37. The van der Waals surface area contributed by atoms with Gasteiger partial charge >= 0.3 is 0 Å². The number of nitrogens with one attached hydrogen (secondary N) is 1. The molecule has 2 nitrogen and oxygen atoms in total. The first-order valence-corrected chi connectivity index (χ1v) is 4.74. The molecule has 0 radical (unpaired) electrons. The molecule has 1 fully saturated rings. The quantitative estimate of drug-likeness (QED) is 0.868. The molecule has 1 aliphatic heterocycles. The first-order chi connectivity index (χ1) is 6.45. The summed E-state index contributed by atoms with van der Waals surface area (Å²) in [5, 5.41) is 3.34. The third kappa shape index (κ3) is 4.65. The Morgan fingerprint density at radius 1 is 1.27 bits per heavy atom. The van der Waals surface area contributed by atoms with E-state index >= 15 is 0 Å². The van der Waals surface area contributed by atoms with E-state index in [0.29, 0.717) is 5.92 Å². The van der Waals surface area contributed by atoms with Crippen LogP contribution in [0.3, 0.4) is 0 Å². The molecule has 15 heavy (non-hydrogen) atoms. The zero-order chi connectivity index (χ0) is 8.93. The minimum atomic E-state index is 0. The van der Waals surface area contributed by atoms with Gasteiger partial charge < -0.3 is 5.32 Å². The van der Waals surface area contributed by atoms with Gasteiger partial charge in [-0.15, -0.1) is 24.8 Å². The van der Waals surface area contributed by atoms with E-state index in [-0.39, 0.29) is 24.8 Å². The van der Waals surface area contributed by atoms with E-state index in [0.717, 1.165) is 13.1 Å². The minimum absolute atomic E-state index is 0. The van der Waals surface area contributed by atoms with Gasteiger partial charge in [-0.25, -0.2) is 0 Å². The summed E-state index contributed by atoms with van der Waals surface area (Å²) in [6.45, 7) is 2.28. The minimum Gasteiger partial charge on any atom is -0.316 e. The molecule has 0 aliphatic carbocycles. The van der Waals surface area contributed by atoms with Gasteiger partial charge in [0.25, 0.3) is 0 Å². The molecule has 1 saturated heterocycles. The Bertz CT molecular complexity index is 282. The van der Waals surface area contributed by atoms with E-state index in [1.165, 1.54) is 12.0 Å². The standard InChI is InChI=1S/C11H14N2.2ClH/c1(2-11-5-8-13-9-11)10-3-6-12-7-4-10;;/h1-4,6-7,11,13H,5,8-9H2;2*1H/b2-1+;;. The van der Waals surface area contributed by atoms with Crippen molar-refractivity contribution >= 4 is 30.9 Å². The van der Waals surface area contributed by atoms with Gasteiger partial charge in [-0.2, -0.15) is 0 Å². The Morgan fingerprint density at radius 3 is 2.60 bits per heavy atom. The first-order valence-electron chi connectivity index (χ1n) is 4.74. The van der Waals surface area contributed by atoms with Crippen molar-refractivity contribution in [2.45, 2.75) is 6.42 Å². The molecular formula is C11H16Cl2N2. The van der Waals surface area contributed by atoms with Crippen molar-refractivity contribution in [3.63, 3.8) is 0 Å². The number of pyridine rings is 1. The monoisotopic (exact) mass is 246 g/mol. The van der Waals surface area contributed by atoms with Gasteiger partial charge in [-0.1, -0.05) is 12.2 Å². The van der Waals surface area contributed by atoms with Crippen LogP contribution in [-0.4, -0.2) is 18.1 Å². The summed E-state index contributed by atoms with van der Waals surface area (Å²) in [6.07, 6.45) is 9.38. The van der Waals surface area contributed by atoms with Crippen molar-refractivity contribution in [2.24, 2.45) is 5.92 Å². The molecule has 0 saturated carbocycles. The average Bonchev–Trinajstić information content (AvgIpc) is 2.69. The Morgan fingerprint density at radius 2 is 2.00 bits per heavy atom. The molecule has 0 aromatic carbocycles. The van der Waals surface area contributed by atoms with Crippen molar-refractivity contribution in [3.8, 4) is 0 Å². The SMILES string of the molecule is C(=C\C1CCNC1)/c1ccncc1.Cl.Cl. The van der Waals surface area contributed by atoms with Gasteiger partial charge in [-0.3, -0.25) is 4.98 Å². The Balaban J connectivity index is 0.000000980. The molecule has 0 bridgehead atoms. The molecule has 1 atom stereocenters. The fourth-order valence-electron chi connectivity index (χ4n) is 1.56. The van der Waals surface area contributed by atoms with Gasteiger partial charge in [-0.05, 0) is 36.6 Å². The van der Waals surface area contributed by atoms with Crippen molar-refractivity contribution in [2.75, 3.05) is 13.1 Å². The highest BCUT2D eigenvalue weighted by Gasteiger charge is 2.09. The van der Waals surface area contributed by atoms with Crippen molar-refractivity contribution in [1.82, 2.24) is 10.3 Å². The van der Waals surface area contributed by atoms with Gasteiger partial charge in [0.2, 0.25) is 0 Å². The van der Waals surface area contributed by atoms with Crippen LogP contribution in [-0.2, 0) is 0 Å². The highest BCUT2D eigenvalue weighted by Crippen LogP contribution is 2.11. The van der Waals surface area contributed by atoms with E-state index in [2.05, 4.69) is 22.5 Å². The van der Waals surface area contributed by atoms with E-state index in [4.69, 9.17) is 0 Å². The molecule has 1 unspecified atom stereocenters. The average molecular weight is 247 g/mol. The normalized spacial score (nSPS) is 19.6. The lowest BCUT2D eigenvalue weighted by Gasteiger charge is -1.98. The van der Waals surface area contributed by atoms with Crippen molar-refractivity contribution in [1.29, 1.82) is 0 Å². The molecule has 1 aromatic heterocycles. The summed E-state index contributed by atoms with van der Waals surface area (Å²) >= 11 is 0. The highest BCUT2D eigenvalue weighted by atomic mass is 35.5. The summed E-state index contributed by atoms with van der Waals surface area (Å²) in [5.74, 6) is 0.716. The van der Waals surface area contributed by atoms with E-state index in [9.17, 15) is 0 Å². The lowest BCUT2D eigenvalue weighted by atomic mass is 10.1. The largest absolute Gasteiger partial charge is 0.316 e. The van der Waals surface area contributed by atoms with Gasteiger partial charge in [0, 0.05) is 18.9 Å². The molecule has 2 heterocycles. The second-order valence-electron chi connectivity index (χ2n) is 3.39. The van der Waals surface area contributed by atoms with Crippen LogP contribution < -0.4 is 5.32 Å². The predicted octanol–water partition coefficient (Wildman–Crippen LogP) is 2.55. The summed E-state index contributed by atoms with van der Waals surface area (Å²) in [4.78, 5) is 3.98. The van der Waals surface area contributed by atoms with Crippen LogP contribution in [0, 0.1) is 5.92 Å². The second-order valence-corrected chi connectivity index (χ2v) is 3.39. The molecule has 4 heteroatoms. The van der Waals surface area contributed by atoms with E-state index in [1.54, 1.807) is 0 Å². The van der Waals surface area contributed by atoms with Gasteiger partial charge in [0.05, 0.1) is 0 Å². The molecule has 0 amide bonds. The van der Waals surface area contributed by atoms with E-state index < -0.39 is 0 Å². The fourth-order valence-corrected chi connectivity index (χ4v) is 1.56. The number of hydrogen-bond donors (Lipinski definition) is 1. The Kier molecular flexibility index (Phi) is 7.39. The summed E-state index contributed by atoms with van der Waals surface area (Å²) in [5.41, 5.74) is 1.24. The maximum absolute atomic E-state index is 3.98. The number of rotatable bonds is 2. The van der Waals surface area contributed by atoms with Crippen molar-refractivity contribution < 1.29 is 0 Å². The van der Waals surface area contributed by atoms with Crippen molar-refractivity contribution in [3.05, 3.63) is 36.2 Å². The molecule has 1 aliphatic rings. The molecule has 1 aromatic rings. The van der Waals surface area contributed by atoms with Crippen LogP contribution in [0.25, 0.3) is 6.08 Å². The predicted molar refractivity (Wildman–Crippen MR) is 68.7 cm³/mol. The van der Waals surface area contributed by atoms with Crippen LogP contribution in [0.2, 0.25) is 0 Å². The maximum atomic E-state index is 3.98. The summed E-state index contributed by atoms with van der Waals surface area (Å²) < 4.78 is 0. The molecule has 84 valence electrons. The maximum Gasteiger partial charge on any atom is 0.0273 e. The summed E-state index contributed by atoms with van der Waals surface area (Å²) in [7, 11) is 0. The van der Waals surface area contributed by atoms with E-state index in [1.807, 2.05) is 24.5 Å². The molecule has 1 N–H and O–H groups in total. The topological polar surface area (TPSA) is 24.9 Å². The number of hydrogen-bond acceptors (Lipinski definition) is 2. The Labute approximate surface area is 103 Å².